The quantitative estimate of drug-likeness (QED) is 0.739. The maximum Gasteiger partial charge on any atom is 0.359 e. The Bertz CT molecular complexity index is 1040. The minimum absolute atomic E-state index is 0.00214. The fourth-order valence-electron chi connectivity index (χ4n) is 3.79. The molecule has 1 saturated heterocycles. The number of halogens is 2. The molecule has 1 aromatic heterocycles. The molecule has 144 valence electrons. The summed E-state index contributed by atoms with van der Waals surface area (Å²) >= 11 is 0. The van der Waals surface area contributed by atoms with Gasteiger partial charge < -0.3 is 9.67 Å². The molecule has 0 saturated carbocycles. The molecule has 2 heterocycles. The number of hydrogen-bond acceptors (Lipinski definition) is 3. The van der Waals surface area contributed by atoms with Crippen molar-refractivity contribution in [2.45, 2.75) is 30.7 Å². The minimum Gasteiger partial charge on any atom is -0.390 e. The number of fused-ring (bicyclic) bond motifs is 3. The maximum absolute atomic E-state index is 13.8. The van der Waals surface area contributed by atoms with Gasteiger partial charge >= 0.3 is 5.25 Å². The Morgan fingerprint density at radius 2 is 1.56 bits per heavy atom. The van der Waals surface area contributed by atoms with Gasteiger partial charge in [-0.15, -0.1) is 0 Å². The molecule has 3 aromatic rings. The predicted molar refractivity (Wildman–Crippen MR) is 100 cm³/mol. The van der Waals surface area contributed by atoms with E-state index in [9.17, 15) is 22.3 Å². The number of sulfonamides is 1. The van der Waals surface area contributed by atoms with E-state index in [1.54, 1.807) is 0 Å². The molecule has 1 N–H and O–H groups in total. The molecule has 5 nitrogen and oxygen atoms in total. The van der Waals surface area contributed by atoms with Crippen molar-refractivity contribution in [1.29, 1.82) is 0 Å². The Labute approximate surface area is 155 Å². The number of benzene rings is 2. The van der Waals surface area contributed by atoms with Crippen molar-refractivity contribution in [1.82, 2.24) is 8.87 Å². The number of aliphatic hydroxyl groups is 1. The van der Waals surface area contributed by atoms with Gasteiger partial charge in [-0.1, -0.05) is 36.4 Å². The lowest BCUT2D eigenvalue weighted by Gasteiger charge is -2.33. The maximum atomic E-state index is 13.8. The zero-order chi connectivity index (χ0) is 19.2. The van der Waals surface area contributed by atoms with Crippen molar-refractivity contribution in [3.8, 4) is 0 Å². The lowest BCUT2D eigenvalue weighted by Crippen LogP contribution is -2.50. The molecule has 1 aliphatic rings. The number of alkyl halides is 2. The molecule has 1 atom stereocenters. The first-order valence-electron chi connectivity index (χ1n) is 8.83. The van der Waals surface area contributed by atoms with Crippen LogP contribution in [0, 0.1) is 0 Å². The lowest BCUT2D eigenvalue weighted by atomic mass is 10.2. The van der Waals surface area contributed by atoms with E-state index in [4.69, 9.17) is 0 Å². The second-order valence-electron chi connectivity index (χ2n) is 6.90. The van der Waals surface area contributed by atoms with E-state index in [-0.39, 0.29) is 26.1 Å². The largest absolute Gasteiger partial charge is 0.390 e. The number of aromatic nitrogens is 1. The number of aliphatic hydroxyl groups excluding tert-OH is 1. The number of rotatable bonds is 4. The Morgan fingerprint density at radius 1 is 1.00 bits per heavy atom. The van der Waals surface area contributed by atoms with Crippen LogP contribution in [0.5, 0.6) is 0 Å². The Kier molecular flexibility index (Phi) is 4.44. The van der Waals surface area contributed by atoms with Crippen LogP contribution < -0.4 is 0 Å². The van der Waals surface area contributed by atoms with E-state index in [1.165, 1.54) is 0 Å². The van der Waals surface area contributed by atoms with Gasteiger partial charge in [-0.3, -0.25) is 0 Å². The van der Waals surface area contributed by atoms with Crippen LogP contribution in [0.2, 0.25) is 0 Å². The summed E-state index contributed by atoms with van der Waals surface area (Å²) < 4.78 is 54.3. The normalized spacial score (nSPS) is 20.9. The zero-order valence-electron chi connectivity index (χ0n) is 14.6. The van der Waals surface area contributed by atoms with Gasteiger partial charge in [0.25, 0.3) is 10.0 Å². The molecular formula is C19H20F2N2O3S. The van der Waals surface area contributed by atoms with Gasteiger partial charge in [-0.2, -0.15) is 13.1 Å². The lowest BCUT2D eigenvalue weighted by molar-refractivity contribution is 0.0481. The van der Waals surface area contributed by atoms with Crippen molar-refractivity contribution in [2.24, 2.45) is 0 Å². The highest BCUT2D eigenvalue weighted by molar-refractivity contribution is 7.90. The Morgan fingerprint density at radius 3 is 2.15 bits per heavy atom. The average Bonchev–Trinajstić information content (AvgIpc) is 2.94. The van der Waals surface area contributed by atoms with Gasteiger partial charge in [0.2, 0.25) is 0 Å². The first kappa shape index (κ1) is 18.3. The number of nitrogens with zero attached hydrogens (tertiary/aromatic N) is 2. The molecule has 1 fully saturated rings. The van der Waals surface area contributed by atoms with Gasteiger partial charge in [0.15, 0.2) is 0 Å². The summed E-state index contributed by atoms with van der Waals surface area (Å²) in [5, 5.41) is 8.81. The van der Waals surface area contributed by atoms with Crippen LogP contribution in [-0.4, -0.2) is 46.8 Å². The third kappa shape index (κ3) is 3.01. The predicted octanol–water partition coefficient (Wildman–Crippen LogP) is 3.17. The summed E-state index contributed by atoms with van der Waals surface area (Å²) in [6, 6.07) is 15.4. The molecule has 0 bridgehead atoms. The van der Waals surface area contributed by atoms with Gasteiger partial charge in [0.1, 0.15) is 0 Å². The number of hydrogen-bond donors (Lipinski definition) is 1. The molecule has 1 unspecified atom stereocenters. The topological polar surface area (TPSA) is 62.5 Å². The average molecular weight is 394 g/mol. The molecule has 8 heteroatoms. The Balaban J connectivity index is 1.64. The van der Waals surface area contributed by atoms with E-state index in [0.29, 0.717) is 0 Å². The van der Waals surface area contributed by atoms with Crippen LogP contribution in [0.3, 0.4) is 0 Å². The third-order valence-electron chi connectivity index (χ3n) is 5.08. The fraction of sp³-hybridized carbons (Fsp3) is 0.368. The zero-order valence-corrected chi connectivity index (χ0v) is 15.4. The first-order valence-corrected chi connectivity index (χ1v) is 10.3. The van der Waals surface area contributed by atoms with Crippen molar-refractivity contribution in [3.05, 3.63) is 48.5 Å². The van der Waals surface area contributed by atoms with Crippen LogP contribution in [0.4, 0.5) is 8.78 Å². The molecule has 2 aromatic carbocycles. The van der Waals surface area contributed by atoms with Crippen LogP contribution in [0.25, 0.3) is 21.8 Å². The molecule has 4 rings (SSSR count). The van der Waals surface area contributed by atoms with E-state index in [1.807, 2.05) is 53.1 Å². The third-order valence-corrected chi connectivity index (χ3v) is 7.05. The van der Waals surface area contributed by atoms with Crippen molar-refractivity contribution < 1.29 is 22.3 Å². The standard InChI is InChI=1S/C19H20F2N2O3S/c20-19(21)10-5-11-22(27(19,25)26)12-14(24)13-23-17-8-3-1-6-15(17)16-7-2-4-9-18(16)23/h1-4,6-9,14,24H,5,10-13H2. The highest BCUT2D eigenvalue weighted by atomic mass is 32.2. The molecule has 0 amide bonds. The van der Waals surface area contributed by atoms with Crippen LogP contribution in [-0.2, 0) is 16.6 Å². The van der Waals surface area contributed by atoms with E-state index < -0.39 is 27.8 Å². The SMILES string of the molecule is O=S1(=O)N(CC(O)Cn2c3ccccc3c3ccccc32)CCCC1(F)F. The molecule has 0 aliphatic carbocycles. The second-order valence-corrected chi connectivity index (χ2v) is 8.97. The Hall–Kier alpha value is -2.03. The minimum atomic E-state index is -4.73. The van der Waals surface area contributed by atoms with E-state index >= 15 is 0 Å². The molecular weight excluding hydrogens is 374 g/mol. The smallest absolute Gasteiger partial charge is 0.359 e. The van der Waals surface area contributed by atoms with Crippen LogP contribution in [0.1, 0.15) is 12.8 Å². The summed E-state index contributed by atoms with van der Waals surface area (Å²) in [7, 11) is -4.73. The van der Waals surface area contributed by atoms with Gasteiger partial charge in [-0.25, -0.2) is 8.42 Å². The highest BCUT2D eigenvalue weighted by Gasteiger charge is 2.51. The molecule has 27 heavy (non-hydrogen) atoms. The van der Waals surface area contributed by atoms with Crippen LogP contribution >= 0.6 is 0 Å². The van der Waals surface area contributed by atoms with E-state index in [2.05, 4.69) is 0 Å². The van der Waals surface area contributed by atoms with Crippen molar-refractivity contribution in [3.63, 3.8) is 0 Å². The molecule has 1 aliphatic heterocycles. The van der Waals surface area contributed by atoms with E-state index in [0.717, 1.165) is 26.1 Å². The van der Waals surface area contributed by atoms with Gasteiger partial charge in [0.05, 0.1) is 12.6 Å². The molecule has 0 spiro atoms. The summed E-state index contributed by atoms with van der Waals surface area (Å²) in [5.74, 6) is 0. The second kappa shape index (κ2) is 6.54. The summed E-state index contributed by atoms with van der Waals surface area (Å²) in [5.41, 5.74) is 1.81. The highest BCUT2D eigenvalue weighted by Crippen LogP contribution is 2.35. The molecule has 0 radical (unpaired) electrons. The fourth-order valence-corrected chi connectivity index (χ4v) is 5.31. The van der Waals surface area contributed by atoms with Gasteiger partial charge in [0, 0.05) is 41.3 Å². The summed E-state index contributed by atoms with van der Waals surface area (Å²) in [6.07, 6.45) is -1.70. The summed E-state index contributed by atoms with van der Waals surface area (Å²) in [6.45, 7) is -0.230. The van der Waals surface area contributed by atoms with Crippen molar-refractivity contribution in [2.75, 3.05) is 13.1 Å². The van der Waals surface area contributed by atoms with Crippen LogP contribution in [0.15, 0.2) is 48.5 Å². The monoisotopic (exact) mass is 394 g/mol. The first-order chi connectivity index (χ1) is 12.8. The number of para-hydroxylation sites is 2. The van der Waals surface area contributed by atoms with Gasteiger partial charge in [-0.05, 0) is 18.6 Å². The van der Waals surface area contributed by atoms with Crippen molar-refractivity contribution >= 4 is 31.8 Å². The summed E-state index contributed by atoms with van der Waals surface area (Å²) in [4.78, 5) is 0. The number of β-amino-alcohol motifs (C(OH)–C–C–N with tert-alkyl or cyclic N) is 1.